The van der Waals surface area contributed by atoms with Crippen LogP contribution in [0.15, 0.2) is 38.9 Å². The number of aromatic amines is 2. The summed E-state index contributed by atoms with van der Waals surface area (Å²) >= 11 is 4.71. The number of aliphatic hydroxyl groups is 1. The fraction of sp³-hybridized carbons (Fsp3) is 0.154. The molecular weight excluding hydrogens is 356 g/mol. The number of sulfonamides is 1. The van der Waals surface area contributed by atoms with E-state index in [1.807, 2.05) is 0 Å². The number of hydrogen-bond donors (Lipinski definition) is 5. The molecule has 11 heteroatoms. The smallest absolute Gasteiger partial charge is 0.264 e. The van der Waals surface area contributed by atoms with E-state index in [0.717, 1.165) is 6.21 Å². The maximum absolute atomic E-state index is 11.8. The first-order valence-electron chi connectivity index (χ1n) is 6.64. The van der Waals surface area contributed by atoms with Crippen LogP contribution in [-0.4, -0.2) is 48.0 Å². The zero-order valence-electron chi connectivity index (χ0n) is 12.2. The minimum Gasteiger partial charge on any atom is -0.494 e. The van der Waals surface area contributed by atoms with Crippen molar-refractivity contribution in [1.82, 2.24) is 14.7 Å². The van der Waals surface area contributed by atoms with Crippen molar-refractivity contribution in [3.05, 3.63) is 45.0 Å². The van der Waals surface area contributed by atoms with E-state index in [2.05, 4.69) is 19.7 Å². The maximum atomic E-state index is 11.8. The summed E-state index contributed by atoms with van der Waals surface area (Å²) in [5, 5.41) is 18.3. The SMILES string of the molecule is O=c1[nH]c(=S)[nH]c(O)c1C=Nc1ccc(S(=O)(=O)NCCO)cc1. The summed E-state index contributed by atoms with van der Waals surface area (Å²) in [5.41, 5.74) is -0.338. The lowest BCUT2D eigenvalue weighted by atomic mass is 10.3. The van der Waals surface area contributed by atoms with Crippen LogP contribution in [0, 0.1) is 4.77 Å². The molecule has 1 aromatic carbocycles. The molecule has 5 N–H and O–H groups in total. The van der Waals surface area contributed by atoms with Gasteiger partial charge < -0.3 is 15.2 Å². The summed E-state index contributed by atoms with van der Waals surface area (Å²) in [6.45, 7) is -0.389. The van der Waals surface area contributed by atoms with Crippen molar-refractivity contribution in [3.8, 4) is 5.88 Å². The Balaban J connectivity index is 2.24. The first kappa shape index (κ1) is 18.0. The second-order valence-electron chi connectivity index (χ2n) is 4.54. The molecule has 128 valence electrons. The van der Waals surface area contributed by atoms with E-state index in [-0.39, 0.29) is 28.4 Å². The Labute approximate surface area is 141 Å². The molecular formula is C13H14N4O5S2. The van der Waals surface area contributed by atoms with Gasteiger partial charge in [0.2, 0.25) is 15.9 Å². The Morgan fingerprint density at radius 2 is 1.92 bits per heavy atom. The molecule has 0 aliphatic heterocycles. The Kier molecular flexibility index (Phi) is 5.62. The number of nitrogens with zero attached hydrogens (tertiary/aromatic N) is 1. The number of aromatic nitrogens is 2. The molecule has 0 atom stereocenters. The highest BCUT2D eigenvalue weighted by Gasteiger charge is 2.12. The largest absolute Gasteiger partial charge is 0.494 e. The van der Waals surface area contributed by atoms with Gasteiger partial charge in [-0.3, -0.25) is 14.8 Å². The van der Waals surface area contributed by atoms with E-state index in [0.29, 0.717) is 5.69 Å². The van der Waals surface area contributed by atoms with Crippen molar-refractivity contribution in [2.45, 2.75) is 4.90 Å². The van der Waals surface area contributed by atoms with Crippen LogP contribution >= 0.6 is 12.2 Å². The summed E-state index contributed by atoms with van der Waals surface area (Å²) < 4.78 is 25.9. The summed E-state index contributed by atoms with van der Waals surface area (Å²) in [6.07, 6.45) is 1.13. The van der Waals surface area contributed by atoms with Gasteiger partial charge in [-0.2, -0.15) is 0 Å². The number of H-pyrrole nitrogens is 2. The number of rotatable bonds is 6. The zero-order chi connectivity index (χ0) is 17.7. The van der Waals surface area contributed by atoms with Crippen LogP contribution in [0.5, 0.6) is 5.88 Å². The summed E-state index contributed by atoms with van der Waals surface area (Å²) in [7, 11) is -3.70. The van der Waals surface area contributed by atoms with Crippen LogP contribution in [0.4, 0.5) is 5.69 Å². The lowest BCUT2D eigenvalue weighted by molar-refractivity contribution is 0.301. The van der Waals surface area contributed by atoms with Gasteiger partial charge in [-0.05, 0) is 36.5 Å². The molecule has 0 saturated carbocycles. The minimum absolute atomic E-state index is 0.0133. The van der Waals surface area contributed by atoms with Gasteiger partial charge in [0.1, 0.15) is 5.56 Å². The van der Waals surface area contributed by atoms with E-state index in [1.165, 1.54) is 24.3 Å². The van der Waals surface area contributed by atoms with Gasteiger partial charge in [-0.15, -0.1) is 0 Å². The average Bonchev–Trinajstić information content (AvgIpc) is 2.52. The average molecular weight is 370 g/mol. The molecule has 2 rings (SSSR count). The number of nitrogens with one attached hydrogen (secondary N) is 3. The monoisotopic (exact) mass is 370 g/mol. The third-order valence-electron chi connectivity index (χ3n) is 2.85. The number of aliphatic hydroxyl groups excluding tert-OH is 1. The molecule has 0 radical (unpaired) electrons. The van der Waals surface area contributed by atoms with E-state index in [4.69, 9.17) is 17.3 Å². The standard InChI is InChI=1S/C13H14N4O5S2/c18-6-5-15-24(21,22)9-3-1-8(2-4-9)14-7-10-11(19)16-13(23)17-12(10)20/h1-4,7,15,18H,5-6H2,(H3,16,17,19,20,23). The highest BCUT2D eigenvalue weighted by molar-refractivity contribution is 7.89. The Bertz CT molecular complexity index is 961. The number of aliphatic imine (C=N–C) groups is 1. The second-order valence-corrected chi connectivity index (χ2v) is 6.72. The molecule has 0 amide bonds. The zero-order valence-corrected chi connectivity index (χ0v) is 13.8. The predicted octanol–water partition coefficient (Wildman–Crippen LogP) is 0.159. The van der Waals surface area contributed by atoms with Crippen LogP contribution < -0.4 is 10.3 Å². The molecule has 1 heterocycles. The Morgan fingerprint density at radius 3 is 2.50 bits per heavy atom. The van der Waals surface area contributed by atoms with Gasteiger partial charge >= 0.3 is 0 Å². The first-order chi connectivity index (χ1) is 11.3. The summed E-state index contributed by atoms with van der Waals surface area (Å²) in [6, 6.07) is 5.52. The van der Waals surface area contributed by atoms with Gasteiger partial charge in [0, 0.05) is 12.8 Å². The van der Waals surface area contributed by atoms with Gasteiger partial charge in [0.15, 0.2) is 4.77 Å². The van der Waals surface area contributed by atoms with Gasteiger partial charge in [-0.25, -0.2) is 13.1 Å². The molecule has 0 saturated heterocycles. The molecule has 24 heavy (non-hydrogen) atoms. The fourth-order valence-electron chi connectivity index (χ4n) is 1.72. The lowest BCUT2D eigenvalue weighted by Crippen LogP contribution is -2.26. The number of hydrogen-bond acceptors (Lipinski definition) is 7. The van der Waals surface area contributed by atoms with Crippen LogP contribution in [0.2, 0.25) is 0 Å². The van der Waals surface area contributed by atoms with Crippen molar-refractivity contribution in [3.63, 3.8) is 0 Å². The van der Waals surface area contributed by atoms with E-state index < -0.39 is 21.5 Å². The molecule has 2 aromatic rings. The van der Waals surface area contributed by atoms with Gasteiger partial charge in [0.05, 0.1) is 17.2 Å². The summed E-state index contributed by atoms with van der Waals surface area (Å²) in [5.74, 6) is -0.417. The minimum atomic E-state index is -3.70. The molecule has 0 aliphatic carbocycles. The summed E-state index contributed by atoms with van der Waals surface area (Å²) in [4.78, 5) is 20.4. The van der Waals surface area contributed by atoms with Crippen LogP contribution in [0.1, 0.15) is 5.56 Å². The molecule has 0 unspecified atom stereocenters. The van der Waals surface area contributed by atoms with Crippen LogP contribution in [-0.2, 0) is 10.0 Å². The predicted molar refractivity (Wildman–Crippen MR) is 89.9 cm³/mol. The van der Waals surface area contributed by atoms with Crippen molar-refractivity contribution in [2.75, 3.05) is 13.2 Å². The van der Waals surface area contributed by atoms with E-state index in [9.17, 15) is 18.3 Å². The molecule has 1 aromatic heterocycles. The quantitative estimate of drug-likeness (QED) is 0.361. The molecule has 0 spiro atoms. The maximum Gasteiger partial charge on any atom is 0.264 e. The lowest BCUT2D eigenvalue weighted by Gasteiger charge is -2.05. The molecule has 9 nitrogen and oxygen atoms in total. The number of benzene rings is 1. The van der Waals surface area contributed by atoms with Crippen molar-refractivity contribution >= 4 is 34.1 Å². The normalized spacial score (nSPS) is 11.9. The second kappa shape index (κ2) is 7.49. The molecule has 0 bridgehead atoms. The van der Waals surface area contributed by atoms with Crippen molar-refractivity contribution in [1.29, 1.82) is 0 Å². The molecule has 0 fully saturated rings. The third kappa shape index (κ3) is 4.35. The number of aromatic hydroxyl groups is 1. The van der Waals surface area contributed by atoms with Gasteiger partial charge in [0.25, 0.3) is 5.56 Å². The topological polar surface area (TPSA) is 148 Å². The van der Waals surface area contributed by atoms with Gasteiger partial charge in [-0.1, -0.05) is 0 Å². The Hall–Kier alpha value is -2.34. The Morgan fingerprint density at radius 1 is 1.25 bits per heavy atom. The highest BCUT2D eigenvalue weighted by Crippen LogP contribution is 2.17. The van der Waals surface area contributed by atoms with E-state index in [1.54, 1.807) is 0 Å². The van der Waals surface area contributed by atoms with E-state index >= 15 is 0 Å². The fourth-order valence-corrected chi connectivity index (χ4v) is 2.93. The first-order valence-corrected chi connectivity index (χ1v) is 8.53. The van der Waals surface area contributed by atoms with Crippen molar-refractivity contribution < 1.29 is 18.6 Å². The van der Waals surface area contributed by atoms with Crippen LogP contribution in [0.25, 0.3) is 0 Å². The van der Waals surface area contributed by atoms with Crippen molar-refractivity contribution in [2.24, 2.45) is 4.99 Å². The highest BCUT2D eigenvalue weighted by atomic mass is 32.2. The van der Waals surface area contributed by atoms with Crippen LogP contribution in [0.3, 0.4) is 0 Å². The molecule has 0 aliphatic rings. The third-order valence-corrected chi connectivity index (χ3v) is 4.53.